The van der Waals surface area contributed by atoms with Crippen LogP contribution in [0.3, 0.4) is 0 Å². The molecule has 0 saturated heterocycles. The highest BCUT2D eigenvalue weighted by atomic mass is 14.3. The molecule has 2 aliphatic carbocycles. The van der Waals surface area contributed by atoms with E-state index in [4.69, 9.17) is 0 Å². The predicted molar refractivity (Wildman–Crippen MR) is 66.6 cm³/mol. The molecule has 0 N–H and O–H groups in total. The summed E-state index contributed by atoms with van der Waals surface area (Å²) < 4.78 is 0. The number of fused-ring (bicyclic) bond motifs is 2. The van der Waals surface area contributed by atoms with Gasteiger partial charge in [0.1, 0.15) is 0 Å². The summed E-state index contributed by atoms with van der Waals surface area (Å²) in [6.07, 6.45) is 10.2. The van der Waals surface area contributed by atoms with Crippen LogP contribution in [0.25, 0.3) is 0 Å². The van der Waals surface area contributed by atoms with Gasteiger partial charge in [-0.05, 0) is 40.9 Å². The van der Waals surface area contributed by atoms with E-state index in [0.717, 1.165) is 0 Å². The Kier molecular flexibility index (Phi) is 2.68. The molecule has 0 nitrogen and oxygen atoms in total. The van der Waals surface area contributed by atoms with E-state index in [1.807, 2.05) is 0 Å². The fraction of sp³-hybridized carbons (Fsp3) is 0.467. The van der Waals surface area contributed by atoms with Crippen molar-refractivity contribution in [1.29, 1.82) is 0 Å². The third kappa shape index (κ3) is 1.73. The monoisotopic (exact) mass is 200 g/mol. The highest BCUT2D eigenvalue weighted by Crippen LogP contribution is 2.40. The highest BCUT2D eigenvalue weighted by molar-refractivity contribution is 5.55. The molecule has 0 aromatic heterocycles. The molecule has 0 radical (unpaired) electrons. The van der Waals surface area contributed by atoms with Gasteiger partial charge in [0.05, 0.1) is 0 Å². The summed E-state index contributed by atoms with van der Waals surface area (Å²) in [6, 6.07) is 0. The molecule has 2 bridgehead atoms. The Hall–Kier alpha value is -1.04. The molecule has 0 amide bonds. The van der Waals surface area contributed by atoms with Crippen molar-refractivity contribution in [2.24, 2.45) is 17.8 Å². The molecule has 0 heteroatoms. The van der Waals surface area contributed by atoms with E-state index in [9.17, 15) is 0 Å². The second-order valence-electron chi connectivity index (χ2n) is 4.95. The second-order valence-corrected chi connectivity index (χ2v) is 4.95. The van der Waals surface area contributed by atoms with Crippen LogP contribution in [0.15, 0.2) is 47.6 Å². The van der Waals surface area contributed by atoms with Gasteiger partial charge in [0, 0.05) is 0 Å². The topological polar surface area (TPSA) is 0 Å². The summed E-state index contributed by atoms with van der Waals surface area (Å²) >= 11 is 0. The van der Waals surface area contributed by atoms with Gasteiger partial charge in [-0.15, -0.1) is 6.58 Å². The molecule has 2 rings (SSSR count). The molecule has 0 heterocycles. The maximum absolute atomic E-state index is 3.89. The van der Waals surface area contributed by atoms with Crippen LogP contribution in [0.2, 0.25) is 0 Å². The van der Waals surface area contributed by atoms with E-state index in [2.05, 4.69) is 51.7 Å². The zero-order valence-corrected chi connectivity index (χ0v) is 9.96. The quantitative estimate of drug-likeness (QED) is 0.594. The SMILES string of the molecule is C=CC(C)C(C)C(C)C1=C2C=CC(=C1)C2. The van der Waals surface area contributed by atoms with Crippen molar-refractivity contribution >= 4 is 0 Å². The van der Waals surface area contributed by atoms with Crippen LogP contribution in [0, 0.1) is 17.8 Å². The molecule has 0 saturated carbocycles. The highest BCUT2D eigenvalue weighted by Gasteiger charge is 2.26. The zero-order valence-electron chi connectivity index (χ0n) is 9.96. The minimum atomic E-state index is 0.592. The summed E-state index contributed by atoms with van der Waals surface area (Å²) in [5.74, 6) is 1.92. The van der Waals surface area contributed by atoms with Gasteiger partial charge >= 0.3 is 0 Å². The van der Waals surface area contributed by atoms with Crippen LogP contribution < -0.4 is 0 Å². The Labute approximate surface area is 93.1 Å². The maximum Gasteiger partial charge on any atom is -0.00228 e. The summed E-state index contributed by atoms with van der Waals surface area (Å²) in [6.45, 7) is 10.8. The van der Waals surface area contributed by atoms with Gasteiger partial charge in [-0.25, -0.2) is 0 Å². The molecule has 0 aliphatic heterocycles. The van der Waals surface area contributed by atoms with E-state index >= 15 is 0 Å². The van der Waals surface area contributed by atoms with E-state index in [1.165, 1.54) is 12.0 Å². The Morgan fingerprint density at radius 1 is 1.27 bits per heavy atom. The smallest absolute Gasteiger partial charge is 0.00228 e. The summed E-state index contributed by atoms with van der Waals surface area (Å²) in [5.41, 5.74) is 4.60. The van der Waals surface area contributed by atoms with Crippen molar-refractivity contribution < 1.29 is 0 Å². The molecule has 0 spiro atoms. The molecule has 15 heavy (non-hydrogen) atoms. The molecule has 0 fully saturated rings. The van der Waals surface area contributed by atoms with Crippen LogP contribution >= 0.6 is 0 Å². The van der Waals surface area contributed by atoms with Gasteiger partial charge in [0.2, 0.25) is 0 Å². The van der Waals surface area contributed by atoms with Gasteiger partial charge in [-0.3, -0.25) is 0 Å². The number of rotatable bonds is 4. The first kappa shape index (κ1) is 10.5. The first-order valence-corrected chi connectivity index (χ1v) is 5.87. The molecule has 80 valence electrons. The number of hydrogen-bond acceptors (Lipinski definition) is 0. The molecular weight excluding hydrogens is 180 g/mol. The lowest BCUT2D eigenvalue weighted by molar-refractivity contribution is 0.362. The van der Waals surface area contributed by atoms with Gasteiger partial charge < -0.3 is 0 Å². The van der Waals surface area contributed by atoms with E-state index in [0.29, 0.717) is 17.8 Å². The molecule has 3 atom stereocenters. The fourth-order valence-electron chi connectivity index (χ4n) is 2.51. The normalized spacial score (nSPS) is 24.1. The first-order chi connectivity index (χ1) is 7.13. The van der Waals surface area contributed by atoms with Gasteiger partial charge in [-0.2, -0.15) is 0 Å². The van der Waals surface area contributed by atoms with E-state index in [1.54, 1.807) is 11.1 Å². The zero-order chi connectivity index (χ0) is 11.0. The van der Waals surface area contributed by atoms with Gasteiger partial charge in [-0.1, -0.05) is 45.1 Å². The summed E-state index contributed by atoms with van der Waals surface area (Å²) in [4.78, 5) is 0. The van der Waals surface area contributed by atoms with Crippen LogP contribution in [-0.2, 0) is 0 Å². The summed E-state index contributed by atoms with van der Waals surface area (Å²) in [7, 11) is 0. The van der Waals surface area contributed by atoms with Crippen molar-refractivity contribution in [3.05, 3.63) is 47.6 Å². The van der Waals surface area contributed by atoms with Gasteiger partial charge in [0.15, 0.2) is 0 Å². The van der Waals surface area contributed by atoms with Gasteiger partial charge in [0.25, 0.3) is 0 Å². The lowest BCUT2D eigenvalue weighted by atomic mass is 9.79. The van der Waals surface area contributed by atoms with Crippen molar-refractivity contribution in [1.82, 2.24) is 0 Å². The van der Waals surface area contributed by atoms with Crippen LogP contribution in [0.5, 0.6) is 0 Å². The minimum Gasteiger partial charge on any atom is -0.103 e. The molecule has 3 unspecified atom stereocenters. The van der Waals surface area contributed by atoms with Crippen molar-refractivity contribution in [2.75, 3.05) is 0 Å². The van der Waals surface area contributed by atoms with Crippen molar-refractivity contribution in [3.8, 4) is 0 Å². The predicted octanol–water partition coefficient (Wildman–Crippen LogP) is 4.28. The molecule has 2 aliphatic rings. The Balaban J connectivity index is 2.16. The average Bonchev–Trinajstić information content (AvgIpc) is 2.87. The largest absolute Gasteiger partial charge is 0.103 e. The van der Waals surface area contributed by atoms with Crippen LogP contribution in [0.4, 0.5) is 0 Å². The fourth-order valence-corrected chi connectivity index (χ4v) is 2.51. The lowest BCUT2D eigenvalue weighted by Gasteiger charge is -2.25. The van der Waals surface area contributed by atoms with Crippen LogP contribution in [-0.4, -0.2) is 0 Å². The third-order valence-corrected chi connectivity index (χ3v) is 4.09. The standard InChI is InChI=1S/C15H20/c1-5-10(2)11(3)12(4)15-9-13-6-7-14(15)8-13/h5-7,9-12H,1,8H2,2-4H3. The summed E-state index contributed by atoms with van der Waals surface area (Å²) in [5, 5.41) is 0. The first-order valence-electron chi connectivity index (χ1n) is 5.87. The van der Waals surface area contributed by atoms with Crippen molar-refractivity contribution in [3.63, 3.8) is 0 Å². The lowest BCUT2D eigenvalue weighted by Crippen LogP contribution is -2.16. The molecule has 0 aromatic rings. The second kappa shape index (κ2) is 3.84. The maximum atomic E-state index is 3.89. The Bertz CT molecular complexity index is 365. The Morgan fingerprint density at radius 2 is 2.00 bits per heavy atom. The van der Waals surface area contributed by atoms with E-state index in [-0.39, 0.29) is 0 Å². The third-order valence-electron chi connectivity index (χ3n) is 4.09. The van der Waals surface area contributed by atoms with E-state index < -0.39 is 0 Å². The molecular formula is C15H20. The van der Waals surface area contributed by atoms with Crippen LogP contribution in [0.1, 0.15) is 27.2 Å². The minimum absolute atomic E-state index is 0.592. The molecule has 0 aromatic carbocycles. The number of allylic oxidation sites excluding steroid dienone is 7. The van der Waals surface area contributed by atoms with Crippen molar-refractivity contribution in [2.45, 2.75) is 27.2 Å². The average molecular weight is 200 g/mol. The Morgan fingerprint density at radius 3 is 2.47 bits per heavy atom. The number of hydrogen-bond donors (Lipinski definition) is 0.